The minimum atomic E-state index is -0.448. The molecule has 2 aromatic rings. The maximum atomic E-state index is 12.0. The minimum Gasteiger partial charge on any atom is -0.508 e. The van der Waals surface area contributed by atoms with Crippen LogP contribution in [-0.4, -0.2) is 35.2 Å². The number of nitrogens with one attached hydrogen (secondary N) is 1. The predicted molar refractivity (Wildman–Crippen MR) is 107 cm³/mol. The lowest BCUT2D eigenvalue weighted by Crippen LogP contribution is -2.20. The summed E-state index contributed by atoms with van der Waals surface area (Å²) in [6, 6.07) is 11.5. The van der Waals surface area contributed by atoms with Crippen molar-refractivity contribution in [3.8, 4) is 5.75 Å². The van der Waals surface area contributed by atoms with Gasteiger partial charge in [-0.1, -0.05) is 18.2 Å². The Kier molecular flexibility index (Phi) is 6.21. The molecule has 1 heterocycles. The molecule has 0 saturated carbocycles. The number of aryl methyl sites for hydroxylation is 1. The van der Waals surface area contributed by atoms with Crippen molar-refractivity contribution in [2.45, 2.75) is 25.7 Å². The summed E-state index contributed by atoms with van der Waals surface area (Å²) in [7, 11) is 0. The van der Waals surface area contributed by atoms with Crippen LogP contribution in [0, 0.1) is 10.1 Å². The van der Waals surface area contributed by atoms with Gasteiger partial charge in [0.15, 0.2) is 0 Å². The number of carbonyl (C=O) groups is 1. The summed E-state index contributed by atoms with van der Waals surface area (Å²) in [6.07, 6.45) is 4.17. The third kappa shape index (κ3) is 4.85. The molecule has 8 nitrogen and oxygen atoms in total. The summed E-state index contributed by atoms with van der Waals surface area (Å²) in [6.45, 7) is 1.79. The van der Waals surface area contributed by atoms with Gasteiger partial charge in [-0.2, -0.15) is 5.10 Å². The number of nitro groups is 1. The molecule has 146 valence electrons. The summed E-state index contributed by atoms with van der Waals surface area (Å²) < 4.78 is 0. The molecule has 0 aliphatic carbocycles. The number of carbonyl (C=O) groups excluding carboxylic acids is 1. The van der Waals surface area contributed by atoms with E-state index in [-0.39, 0.29) is 23.8 Å². The van der Waals surface area contributed by atoms with Gasteiger partial charge in [0.2, 0.25) is 5.91 Å². The zero-order valence-electron chi connectivity index (χ0n) is 15.4. The Bertz CT molecular complexity index is 892. The number of aromatic hydroxyl groups is 1. The van der Waals surface area contributed by atoms with Crippen molar-refractivity contribution in [1.82, 2.24) is 5.43 Å². The molecule has 0 radical (unpaired) electrons. The van der Waals surface area contributed by atoms with E-state index in [0.29, 0.717) is 17.5 Å². The van der Waals surface area contributed by atoms with Crippen molar-refractivity contribution in [3.05, 3.63) is 63.7 Å². The maximum Gasteiger partial charge on any atom is 0.270 e. The average Bonchev–Trinajstić information content (AvgIpc) is 3.22. The lowest BCUT2D eigenvalue weighted by atomic mass is 10.1. The van der Waals surface area contributed by atoms with Crippen molar-refractivity contribution >= 4 is 23.5 Å². The molecule has 0 unspecified atom stereocenters. The number of nitro benzene ring substituents is 1. The number of hydrazone groups is 1. The molecule has 2 N–H and O–H groups in total. The van der Waals surface area contributed by atoms with Crippen molar-refractivity contribution in [3.63, 3.8) is 0 Å². The highest BCUT2D eigenvalue weighted by Crippen LogP contribution is 2.27. The zero-order chi connectivity index (χ0) is 19.9. The van der Waals surface area contributed by atoms with Crippen LogP contribution in [0.15, 0.2) is 47.6 Å². The summed E-state index contributed by atoms with van der Waals surface area (Å²) in [5.41, 5.74) is 4.59. The van der Waals surface area contributed by atoms with Crippen LogP contribution in [0.3, 0.4) is 0 Å². The topological polar surface area (TPSA) is 108 Å². The number of non-ortho nitro benzene ring substituents is 1. The first-order valence-electron chi connectivity index (χ1n) is 9.17. The summed E-state index contributed by atoms with van der Waals surface area (Å²) in [5.74, 6) is -0.140. The van der Waals surface area contributed by atoms with Crippen molar-refractivity contribution in [1.29, 1.82) is 0 Å². The molecule has 0 atom stereocenters. The van der Waals surface area contributed by atoms with Gasteiger partial charge in [-0.25, -0.2) is 5.43 Å². The van der Waals surface area contributed by atoms with Crippen molar-refractivity contribution < 1.29 is 14.8 Å². The Labute approximate surface area is 162 Å². The van der Waals surface area contributed by atoms with Gasteiger partial charge in [-0.05, 0) is 37.0 Å². The highest BCUT2D eigenvalue weighted by molar-refractivity contribution is 5.90. The van der Waals surface area contributed by atoms with E-state index in [4.69, 9.17) is 0 Å². The van der Waals surface area contributed by atoms with E-state index < -0.39 is 4.92 Å². The largest absolute Gasteiger partial charge is 0.508 e. The van der Waals surface area contributed by atoms with Gasteiger partial charge < -0.3 is 10.0 Å². The van der Waals surface area contributed by atoms with Crippen molar-refractivity contribution in [2.24, 2.45) is 5.10 Å². The lowest BCUT2D eigenvalue weighted by molar-refractivity contribution is -0.384. The molecule has 0 aromatic heterocycles. The standard InChI is InChI=1S/C20H22N4O4/c25-19-6-2-1-5-15(19)7-10-20(26)22-21-14-16-13-17(24(27)28)8-9-18(16)23-11-3-4-12-23/h1-2,5-6,8-9,13-14,25H,3-4,7,10-12H2,(H,22,26)/b21-14+. The number of para-hydroxylation sites is 1. The molecular formula is C20H22N4O4. The minimum absolute atomic E-state index is 0.0183. The number of nitrogens with zero attached hydrogens (tertiary/aromatic N) is 3. The lowest BCUT2D eigenvalue weighted by Gasteiger charge is -2.19. The molecule has 2 aromatic carbocycles. The fourth-order valence-electron chi connectivity index (χ4n) is 3.21. The Hall–Kier alpha value is -3.42. The third-order valence-corrected chi connectivity index (χ3v) is 4.67. The number of rotatable bonds is 7. The summed E-state index contributed by atoms with van der Waals surface area (Å²) >= 11 is 0. The maximum absolute atomic E-state index is 12.0. The van der Waals surface area contributed by atoms with Gasteiger partial charge >= 0.3 is 0 Å². The van der Waals surface area contributed by atoms with Gasteiger partial charge in [0.1, 0.15) is 5.75 Å². The Morgan fingerprint density at radius 2 is 2.00 bits per heavy atom. The first kappa shape index (κ1) is 19.3. The molecular weight excluding hydrogens is 360 g/mol. The van der Waals surface area contributed by atoms with Crippen molar-refractivity contribution in [2.75, 3.05) is 18.0 Å². The molecule has 1 aliphatic rings. The fourth-order valence-corrected chi connectivity index (χ4v) is 3.21. The second kappa shape index (κ2) is 8.98. The molecule has 8 heteroatoms. The molecule has 1 fully saturated rings. The van der Waals surface area contributed by atoms with Gasteiger partial charge in [0, 0.05) is 42.9 Å². The second-order valence-electron chi connectivity index (χ2n) is 6.62. The normalized spacial score (nSPS) is 13.8. The monoisotopic (exact) mass is 382 g/mol. The highest BCUT2D eigenvalue weighted by atomic mass is 16.6. The van der Waals surface area contributed by atoms with Crippen LogP contribution < -0.4 is 10.3 Å². The van der Waals surface area contributed by atoms with Crippen LogP contribution in [0.2, 0.25) is 0 Å². The first-order valence-corrected chi connectivity index (χ1v) is 9.17. The smallest absolute Gasteiger partial charge is 0.270 e. The van der Waals surface area contributed by atoms with Crippen LogP contribution in [0.1, 0.15) is 30.4 Å². The van der Waals surface area contributed by atoms with E-state index in [0.717, 1.165) is 31.6 Å². The van der Waals surface area contributed by atoms with Crippen LogP contribution in [-0.2, 0) is 11.2 Å². The molecule has 0 bridgehead atoms. The number of hydrogen-bond donors (Lipinski definition) is 2. The van der Waals surface area contributed by atoms with Crippen LogP contribution in [0.5, 0.6) is 5.75 Å². The number of amides is 1. The van der Waals surface area contributed by atoms with Gasteiger partial charge in [0.05, 0.1) is 11.1 Å². The van der Waals surface area contributed by atoms with E-state index in [9.17, 15) is 20.0 Å². The van der Waals surface area contributed by atoms with Gasteiger partial charge in [-0.15, -0.1) is 0 Å². The Morgan fingerprint density at radius 3 is 2.71 bits per heavy atom. The van der Waals surface area contributed by atoms with Gasteiger partial charge in [-0.3, -0.25) is 14.9 Å². The number of hydrogen-bond acceptors (Lipinski definition) is 6. The molecule has 1 aliphatic heterocycles. The molecule has 0 spiro atoms. The quantitative estimate of drug-likeness (QED) is 0.435. The Morgan fingerprint density at radius 1 is 1.25 bits per heavy atom. The third-order valence-electron chi connectivity index (χ3n) is 4.67. The SMILES string of the molecule is O=C(CCc1ccccc1O)N/N=C/c1cc([N+](=O)[O-])ccc1N1CCCC1. The second-order valence-corrected chi connectivity index (χ2v) is 6.62. The van der Waals surface area contributed by atoms with E-state index in [2.05, 4.69) is 15.4 Å². The van der Waals surface area contributed by atoms with E-state index >= 15 is 0 Å². The van der Waals surface area contributed by atoms with Crippen LogP contribution in [0.4, 0.5) is 11.4 Å². The molecule has 28 heavy (non-hydrogen) atoms. The van der Waals surface area contributed by atoms with E-state index in [1.807, 2.05) is 0 Å². The number of phenols is 1. The molecule has 3 rings (SSSR count). The van der Waals surface area contributed by atoms with E-state index in [1.54, 1.807) is 30.3 Å². The van der Waals surface area contributed by atoms with Crippen LogP contribution in [0.25, 0.3) is 0 Å². The number of phenolic OH excluding ortho intramolecular Hbond substituents is 1. The first-order chi connectivity index (χ1) is 13.5. The fraction of sp³-hybridized carbons (Fsp3) is 0.300. The van der Waals surface area contributed by atoms with Crippen LogP contribution >= 0.6 is 0 Å². The summed E-state index contributed by atoms with van der Waals surface area (Å²) in [4.78, 5) is 24.8. The van der Waals surface area contributed by atoms with E-state index in [1.165, 1.54) is 18.3 Å². The zero-order valence-corrected chi connectivity index (χ0v) is 15.4. The Balaban J connectivity index is 1.65. The molecule has 1 saturated heterocycles. The predicted octanol–water partition coefficient (Wildman–Crippen LogP) is 2.98. The summed E-state index contributed by atoms with van der Waals surface area (Å²) in [5, 5.41) is 24.8. The number of anilines is 1. The molecule has 1 amide bonds. The van der Waals surface area contributed by atoms with Gasteiger partial charge in [0.25, 0.3) is 5.69 Å². The number of benzene rings is 2. The highest BCUT2D eigenvalue weighted by Gasteiger charge is 2.18. The average molecular weight is 382 g/mol.